The van der Waals surface area contributed by atoms with Gasteiger partial charge in [-0.2, -0.15) is 0 Å². The Kier molecular flexibility index (Phi) is 5.08. The summed E-state index contributed by atoms with van der Waals surface area (Å²) in [6.07, 6.45) is 2.79. The molecule has 5 heteroatoms. The number of alkyl halides is 1. The van der Waals surface area contributed by atoms with Crippen molar-refractivity contribution < 1.29 is 0 Å². The number of anilines is 2. The molecule has 2 aromatic heterocycles. The van der Waals surface area contributed by atoms with E-state index in [2.05, 4.69) is 63.5 Å². The lowest BCUT2D eigenvalue weighted by atomic mass is 10.2. The zero-order valence-electron chi connectivity index (χ0n) is 13.1. The van der Waals surface area contributed by atoms with Crippen LogP contribution >= 0.6 is 27.3 Å². The molecule has 1 N–H and O–H groups in total. The Labute approximate surface area is 149 Å². The molecule has 3 aromatic rings. The second-order valence-electron chi connectivity index (χ2n) is 5.28. The van der Waals surface area contributed by atoms with Crippen LogP contribution in [0.1, 0.15) is 23.9 Å². The molecule has 3 nitrogen and oxygen atoms in total. The Morgan fingerprint density at radius 3 is 2.65 bits per heavy atom. The summed E-state index contributed by atoms with van der Waals surface area (Å²) in [6, 6.07) is 12.6. The van der Waals surface area contributed by atoms with Gasteiger partial charge in [0.2, 0.25) is 0 Å². The van der Waals surface area contributed by atoms with Crippen molar-refractivity contribution in [1.82, 2.24) is 9.97 Å². The van der Waals surface area contributed by atoms with Crippen LogP contribution in [-0.4, -0.2) is 9.97 Å². The minimum atomic E-state index is 0.874. The smallest absolute Gasteiger partial charge is 0.125 e. The molecule has 23 heavy (non-hydrogen) atoms. The van der Waals surface area contributed by atoms with E-state index in [1.807, 2.05) is 19.2 Å². The average molecular weight is 388 g/mol. The predicted molar refractivity (Wildman–Crippen MR) is 102 cm³/mol. The number of pyridine rings is 1. The molecule has 0 atom stereocenters. The lowest BCUT2D eigenvalue weighted by molar-refractivity contribution is 1.04. The van der Waals surface area contributed by atoms with Gasteiger partial charge in [0.15, 0.2) is 0 Å². The summed E-state index contributed by atoms with van der Waals surface area (Å²) in [5.41, 5.74) is 5.59. The van der Waals surface area contributed by atoms with Crippen molar-refractivity contribution in [2.24, 2.45) is 0 Å². The largest absolute Gasteiger partial charge is 0.346 e. The summed E-state index contributed by atoms with van der Waals surface area (Å²) in [6.45, 7) is 4.15. The number of aryl methyl sites for hydroxylation is 2. The van der Waals surface area contributed by atoms with Gasteiger partial charge in [-0.3, -0.25) is 4.98 Å². The van der Waals surface area contributed by atoms with Crippen LogP contribution in [0.25, 0.3) is 10.6 Å². The third-order valence-corrected chi connectivity index (χ3v) is 5.36. The van der Waals surface area contributed by atoms with Gasteiger partial charge < -0.3 is 5.32 Å². The number of nitrogens with zero attached hydrogens (tertiary/aromatic N) is 2. The van der Waals surface area contributed by atoms with E-state index in [0.29, 0.717) is 0 Å². The number of benzene rings is 1. The molecule has 2 heterocycles. The highest BCUT2D eigenvalue weighted by Crippen LogP contribution is 2.33. The first-order valence-corrected chi connectivity index (χ1v) is 9.48. The van der Waals surface area contributed by atoms with Crippen molar-refractivity contribution in [2.75, 3.05) is 5.32 Å². The number of hydrogen-bond acceptors (Lipinski definition) is 4. The van der Waals surface area contributed by atoms with Crippen molar-refractivity contribution in [3.05, 3.63) is 59.5 Å². The third-order valence-electron chi connectivity index (χ3n) is 3.59. The quantitative estimate of drug-likeness (QED) is 0.569. The van der Waals surface area contributed by atoms with E-state index in [4.69, 9.17) is 4.98 Å². The molecule has 0 bridgehead atoms. The normalized spacial score (nSPS) is 10.7. The zero-order valence-corrected chi connectivity index (χ0v) is 15.5. The van der Waals surface area contributed by atoms with Crippen molar-refractivity contribution in [3.63, 3.8) is 0 Å². The van der Waals surface area contributed by atoms with E-state index >= 15 is 0 Å². The molecule has 0 spiro atoms. The second-order valence-corrected chi connectivity index (χ2v) is 6.84. The van der Waals surface area contributed by atoms with E-state index in [1.54, 1.807) is 11.3 Å². The number of halogens is 1. The molecule has 0 saturated carbocycles. The molecule has 0 amide bonds. The second kappa shape index (κ2) is 7.23. The highest BCUT2D eigenvalue weighted by molar-refractivity contribution is 9.08. The molecular formula is C18H18BrN3S. The fraction of sp³-hybridized carbons (Fsp3) is 0.222. The molecular weight excluding hydrogens is 370 g/mol. The lowest BCUT2D eigenvalue weighted by Crippen LogP contribution is -1.89. The van der Waals surface area contributed by atoms with Crippen molar-refractivity contribution in [2.45, 2.75) is 25.6 Å². The Morgan fingerprint density at radius 1 is 1.17 bits per heavy atom. The van der Waals surface area contributed by atoms with Gasteiger partial charge in [-0.25, -0.2) is 4.98 Å². The SMILES string of the molecule is CCc1cc(-c2nc(C)c(Nc3ccc(CBr)cc3)s2)ccn1. The monoisotopic (exact) mass is 387 g/mol. The van der Waals surface area contributed by atoms with E-state index in [0.717, 1.165) is 44.4 Å². The van der Waals surface area contributed by atoms with E-state index in [1.165, 1.54) is 5.56 Å². The van der Waals surface area contributed by atoms with Crippen LogP contribution in [0.5, 0.6) is 0 Å². The fourth-order valence-electron chi connectivity index (χ4n) is 2.25. The molecule has 0 aliphatic carbocycles. The van der Waals surface area contributed by atoms with E-state index in [9.17, 15) is 0 Å². The molecule has 0 unspecified atom stereocenters. The topological polar surface area (TPSA) is 37.8 Å². The average Bonchev–Trinajstić information content (AvgIpc) is 2.96. The Bertz CT molecular complexity index is 796. The number of nitrogens with one attached hydrogen (secondary N) is 1. The van der Waals surface area contributed by atoms with Crippen LogP contribution in [0, 0.1) is 6.92 Å². The van der Waals surface area contributed by atoms with Crippen LogP contribution in [0.15, 0.2) is 42.6 Å². The fourth-order valence-corrected chi connectivity index (χ4v) is 3.61. The molecule has 0 saturated heterocycles. The summed E-state index contributed by atoms with van der Waals surface area (Å²) >= 11 is 5.15. The van der Waals surface area contributed by atoms with Gasteiger partial charge in [0.25, 0.3) is 0 Å². The Hall–Kier alpha value is -1.72. The third kappa shape index (κ3) is 3.79. The Balaban J connectivity index is 1.85. The maximum absolute atomic E-state index is 4.71. The Morgan fingerprint density at radius 2 is 1.96 bits per heavy atom. The molecule has 0 radical (unpaired) electrons. The van der Waals surface area contributed by atoms with Crippen molar-refractivity contribution in [1.29, 1.82) is 0 Å². The van der Waals surface area contributed by atoms with Crippen LogP contribution in [0.4, 0.5) is 10.7 Å². The van der Waals surface area contributed by atoms with Gasteiger partial charge >= 0.3 is 0 Å². The maximum atomic E-state index is 4.71. The van der Waals surface area contributed by atoms with Gasteiger partial charge in [-0.1, -0.05) is 46.3 Å². The zero-order chi connectivity index (χ0) is 16.2. The first-order valence-electron chi connectivity index (χ1n) is 7.54. The lowest BCUT2D eigenvalue weighted by Gasteiger charge is -2.05. The van der Waals surface area contributed by atoms with Crippen LogP contribution in [0.2, 0.25) is 0 Å². The highest BCUT2D eigenvalue weighted by Gasteiger charge is 2.10. The van der Waals surface area contributed by atoms with E-state index in [-0.39, 0.29) is 0 Å². The minimum Gasteiger partial charge on any atom is -0.346 e. The van der Waals surface area contributed by atoms with Crippen LogP contribution in [0.3, 0.4) is 0 Å². The summed E-state index contributed by atoms with van der Waals surface area (Å²) < 4.78 is 0. The van der Waals surface area contributed by atoms with Crippen molar-refractivity contribution in [3.8, 4) is 10.6 Å². The van der Waals surface area contributed by atoms with Crippen LogP contribution < -0.4 is 5.32 Å². The summed E-state index contributed by atoms with van der Waals surface area (Å²) in [7, 11) is 0. The standard InChI is InChI=1S/C18H18BrN3S/c1-3-15-10-14(8-9-20-15)18-21-12(2)17(23-18)22-16-6-4-13(11-19)5-7-16/h4-10,22H,3,11H2,1-2H3. The minimum absolute atomic E-state index is 0.874. The van der Waals surface area contributed by atoms with Gasteiger partial charge in [0, 0.05) is 28.5 Å². The predicted octanol–water partition coefficient (Wildman–Crippen LogP) is 5.71. The summed E-state index contributed by atoms with van der Waals surface area (Å²) in [4.78, 5) is 9.06. The molecule has 3 rings (SSSR count). The number of rotatable bonds is 5. The number of hydrogen-bond donors (Lipinski definition) is 1. The van der Waals surface area contributed by atoms with Gasteiger partial charge in [-0.05, 0) is 43.2 Å². The number of thiazole rings is 1. The van der Waals surface area contributed by atoms with Gasteiger partial charge in [0.05, 0.1) is 5.69 Å². The molecule has 0 aliphatic rings. The molecule has 118 valence electrons. The summed E-state index contributed by atoms with van der Waals surface area (Å²) in [5, 5.41) is 6.45. The number of aromatic nitrogens is 2. The summed E-state index contributed by atoms with van der Waals surface area (Å²) in [5.74, 6) is 0. The first kappa shape index (κ1) is 16.1. The first-order chi connectivity index (χ1) is 11.2. The van der Waals surface area contributed by atoms with Gasteiger partial charge in [-0.15, -0.1) is 0 Å². The maximum Gasteiger partial charge on any atom is 0.125 e. The van der Waals surface area contributed by atoms with E-state index < -0.39 is 0 Å². The van der Waals surface area contributed by atoms with Gasteiger partial charge in [0.1, 0.15) is 10.0 Å². The highest BCUT2D eigenvalue weighted by atomic mass is 79.9. The molecule has 1 aromatic carbocycles. The van der Waals surface area contributed by atoms with Crippen molar-refractivity contribution >= 4 is 38.0 Å². The molecule has 0 aliphatic heterocycles. The molecule has 0 fully saturated rings. The van der Waals surface area contributed by atoms with Crippen LogP contribution in [-0.2, 0) is 11.8 Å².